The highest BCUT2D eigenvalue weighted by molar-refractivity contribution is 5.93. The average Bonchev–Trinajstić information content (AvgIpc) is 3.21. The van der Waals surface area contributed by atoms with Crippen molar-refractivity contribution >= 4 is 5.78 Å². The first kappa shape index (κ1) is 27.0. The Hall–Kier alpha value is -3.16. The van der Waals surface area contributed by atoms with Gasteiger partial charge in [-0.05, 0) is 106 Å². The number of nitrogens with zero attached hydrogens (tertiary/aromatic N) is 1. The number of fused-ring (bicyclic) bond motifs is 4. The highest BCUT2D eigenvalue weighted by atomic mass is 16.5. The molecule has 5 atom stereocenters. The number of hydrogen-bond acceptors (Lipinski definition) is 4. The van der Waals surface area contributed by atoms with Gasteiger partial charge in [0, 0.05) is 41.0 Å². The molecule has 4 aliphatic carbocycles. The molecule has 2 saturated carbocycles. The van der Waals surface area contributed by atoms with E-state index in [-0.39, 0.29) is 22.5 Å². The highest BCUT2D eigenvalue weighted by Gasteiger charge is 2.62. The molecule has 2 fully saturated rings. The second-order valence-corrected chi connectivity index (χ2v) is 13.6. The molecule has 0 aliphatic heterocycles. The smallest absolute Gasteiger partial charge is 0.212 e. The lowest BCUT2D eigenvalue weighted by molar-refractivity contribution is -0.114. The Morgan fingerprint density at radius 1 is 1.02 bits per heavy atom. The molecule has 1 aromatic carbocycles. The van der Waals surface area contributed by atoms with Crippen LogP contribution in [0.2, 0.25) is 0 Å². The van der Waals surface area contributed by atoms with Crippen LogP contribution in [0, 0.1) is 34.5 Å². The lowest BCUT2D eigenvalue weighted by Crippen LogP contribution is -2.51. The maximum absolute atomic E-state index is 12.4. The van der Waals surface area contributed by atoms with Crippen LogP contribution in [-0.2, 0) is 4.79 Å². The van der Waals surface area contributed by atoms with Crippen molar-refractivity contribution in [3.8, 4) is 28.8 Å². The van der Waals surface area contributed by atoms with E-state index in [1.807, 2.05) is 24.4 Å². The largest absolute Gasteiger partial charge is 0.481 e. The van der Waals surface area contributed by atoms with Crippen LogP contribution in [0.1, 0.15) is 84.1 Å². The fourth-order valence-electron chi connectivity index (χ4n) is 8.04. The van der Waals surface area contributed by atoms with Gasteiger partial charge in [-0.2, -0.15) is 0 Å². The SMILES string of the molecule is COc1ccc(-c2ccc([C@H]3C[C@@]4(C)[C@@H](CC[C@@]4(O)C#CC(C)(C)C)[C@@H]4CCC5=CC(=O)CCC5=C43)cc2)cn1. The summed E-state index contributed by atoms with van der Waals surface area (Å²) in [4.78, 5) is 16.7. The van der Waals surface area contributed by atoms with E-state index in [0.29, 0.717) is 24.1 Å². The number of pyridine rings is 1. The Kier molecular flexibility index (Phi) is 6.58. The number of benzene rings is 1. The van der Waals surface area contributed by atoms with Crippen LogP contribution < -0.4 is 4.74 Å². The summed E-state index contributed by atoms with van der Waals surface area (Å²) in [7, 11) is 1.63. The normalized spacial score (nSPS) is 31.4. The van der Waals surface area contributed by atoms with Crippen molar-refractivity contribution < 1.29 is 14.6 Å². The van der Waals surface area contributed by atoms with Gasteiger partial charge >= 0.3 is 0 Å². The Balaban J connectivity index is 1.44. The predicted octanol–water partition coefficient (Wildman–Crippen LogP) is 7.44. The van der Waals surface area contributed by atoms with Gasteiger partial charge in [-0.3, -0.25) is 4.79 Å². The minimum Gasteiger partial charge on any atom is -0.481 e. The van der Waals surface area contributed by atoms with Crippen LogP contribution >= 0.6 is 0 Å². The van der Waals surface area contributed by atoms with Crippen molar-refractivity contribution in [2.45, 2.75) is 84.2 Å². The maximum Gasteiger partial charge on any atom is 0.212 e. The van der Waals surface area contributed by atoms with E-state index in [0.717, 1.165) is 49.7 Å². The number of allylic oxidation sites excluding steroid dienone is 4. The van der Waals surface area contributed by atoms with Crippen LogP contribution in [0.5, 0.6) is 5.88 Å². The van der Waals surface area contributed by atoms with E-state index >= 15 is 0 Å². The van der Waals surface area contributed by atoms with Crippen LogP contribution in [-0.4, -0.2) is 28.6 Å². The predicted molar refractivity (Wildman–Crippen MR) is 159 cm³/mol. The summed E-state index contributed by atoms with van der Waals surface area (Å²) in [5, 5.41) is 12.2. The fourth-order valence-corrected chi connectivity index (χ4v) is 8.04. The van der Waals surface area contributed by atoms with E-state index in [9.17, 15) is 9.90 Å². The molecule has 0 spiro atoms. The summed E-state index contributed by atoms with van der Waals surface area (Å²) in [6, 6.07) is 12.8. The van der Waals surface area contributed by atoms with Gasteiger partial charge in [0.15, 0.2) is 5.78 Å². The first-order chi connectivity index (χ1) is 19.0. The van der Waals surface area contributed by atoms with Gasteiger partial charge in [-0.25, -0.2) is 4.98 Å². The van der Waals surface area contributed by atoms with Crippen molar-refractivity contribution in [3.63, 3.8) is 0 Å². The Morgan fingerprint density at radius 3 is 2.45 bits per heavy atom. The van der Waals surface area contributed by atoms with E-state index in [4.69, 9.17) is 4.74 Å². The molecule has 1 aromatic heterocycles. The summed E-state index contributed by atoms with van der Waals surface area (Å²) >= 11 is 0. The van der Waals surface area contributed by atoms with Gasteiger partial charge < -0.3 is 9.84 Å². The third-order valence-corrected chi connectivity index (χ3v) is 10.1. The van der Waals surface area contributed by atoms with Crippen molar-refractivity contribution in [2.24, 2.45) is 22.7 Å². The molecule has 0 radical (unpaired) electrons. The topological polar surface area (TPSA) is 59.4 Å². The third-order valence-electron chi connectivity index (χ3n) is 10.1. The molecule has 4 aliphatic rings. The summed E-state index contributed by atoms with van der Waals surface area (Å²) in [5.74, 6) is 8.70. The molecule has 208 valence electrons. The van der Waals surface area contributed by atoms with Gasteiger partial charge in [0.25, 0.3) is 0 Å². The number of rotatable bonds is 3. The molecule has 2 aromatic rings. The number of aromatic nitrogens is 1. The third kappa shape index (κ3) is 4.53. The zero-order chi connectivity index (χ0) is 28.3. The van der Waals surface area contributed by atoms with Gasteiger partial charge in [0.2, 0.25) is 5.88 Å². The molecule has 0 unspecified atom stereocenters. The summed E-state index contributed by atoms with van der Waals surface area (Å²) in [6.07, 6.45) is 9.84. The molecule has 1 N–H and O–H groups in total. The number of carbonyl (C=O) groups is 1. The zero-order valence-corrected chi connectivity index (χ0v) is 24.5. The molecule has 1 heterocycles. The van der Waals surface area contributed by atoms with Crippen LogP contribution in [0.3, 0.4) is 0 Å². The first-order valence-electron chi connectivity index (χ1n) is 14.9. The van der Waals surface area contributed by atoms with Gasteiger partial charge in [0.1, 0.15) is 5.60 Å². The van der Waals surface area contributed by atoms with Crippen molar-refractivity contribution in [3.05, 3.63) is 71.0 Å². The Bertz CT molecular complexity index is 1450. The average molecular weight is 536 g/mol. The number of ketones is 1. The Labute approximate surface area is 238 Å². The molecule has 0 amide bonds. The number of hydrogen-bond donors (Lipinski definition) is 1. The second kappa shape index (κ2) is 9.74. The molecule has 0 bridgehead atoms. The van der Waals surface area contributed by atoms with Crippen molar-refractivity contribution in [1.82, 2.24) is 4.98 Å². The van der Waals surface area contributed by atoms with E-state index in [1.165, 1.54) is 16.7 Å². The number of carbonyl (C=O) groups excluding carboxylic acids is 1. The van der Waals surface area contributed by atoms with Gasteiger partial charge in [-0.1, -0.05) is 48.6 Å². The molecule has 0 saturated heterocycles. The van der Waals surface area contributed by atoms with Crippen LogP contribution in [0.15, 0.2) is 65.4 Å². The van der Waals surface area contributed by atoms with Crippen LogP contribution in [0.25, 0.3) is 11.1 Å². The molecule has 40 heavy (non-hydrogen) atoms. The number of aliphatic hydroxyl groups is 1. The number of methoxy groups -OCH3 is 1. The molecular weight excluding hydrogens is 494 g/mol. The van der Waals surface area contributed by atoms with Gasteiger partial charge in [-0.15, -0.1) is 0 Å². The lowest BCUT2D eigenvalue weighted by Gasteiger charge is -2.53. The standard InChI is InChI=1S/C36H41NO3/c1-34(2,3)18-19-36(39)17-16-31-29-13-10-25-20-27(38)12-14-28(25)33(29)30(21-35(31,36)4)24-8-6-23(7-9-24)26-11-15-32(40-5)37-22-26/h6-9,11,15,20,22,29-31,39H,10,12-14,16-17,21H2,1-5H3/t29-,30+,31-,35-,36+/m0/s1. The molecule has 6 rings (SSSR count). The minimum atomic E-state index is -0.993. The maximum atomic E-state index is 12.4. The van der Waals surface area contributed by atoms with E-state index in [1.54, 1.807) is 12.7 Å². The van der Waals surface area contributed by atoms with Crippen LogP contribution in [0.4, 0.5) is 0 Å². The monoisotopic (exact) mass is 535 g/mol. The summed E-state index contributed by atoms with van der Waals surface area (Å²) in [5.41, 5.74) is 6.25. The zero-order valence-electron chi connectivity index (χ0n) is 24.5. The number of ether oxygens (including phenoxy) is 1. The van der Waals surface area contributed by atoms with Crippen molar-refractivity contribution in [1.29, 1.82) is 0 Å². The molecule has 4 heteroatoms. The van der Waals surface area contributed by atoms with Gasteiger partial charge in [0.05, 0.1) is 7.11 Å². The van der Waals surface area contributed by atoms with E-state index < -0.39 is 5.60 Å². The first-order valence-corrected chi connectivity index (χ1v) is 14.9. The lowest BCUT2D eigenvalue weighted by atomic mass is 9.51. The van der Waals surface area contributed by atoms with E-state index in [2.05, 4.69) is 68.8 Å². The molecule has 4 nitrogen and oxygen atoms in total. The minimum absolute atomic E-state index is 0.156. The van der Waals surface area contributed by atoms with Crippen molar-refractivity contribution in [2.75, 3.05) is 7.11 Å². The fraction of sp³-hybridized carbons (Fsp3) is 0.500. The molecular formula is C36H41NO3. The highest BCUT2D eigenvalue weighted by Crippen LogP contribution is 2.66. The summed E-state index contributed by atoms with van der Waals surface area (Å²) in [6.45, 7) is 8.65. The second-order valence-electron chi connectivity index (χ2n) is 13.6. The Morgan fingerprint density at radius 2 is 1.77 bits per heavy atom. The summed E-state index contributed by atoms with van der Waals surface area (Å²) < 4.78 is 5.23. The quantitative estimate of drug-likeness (QED) is 0.415.